The van der Waals surface area contributed by atoms with Crippen molar-refractivity contribution in [3.63, 3.8) is 0 Å². The third-order valence-electron chi connectivity index (χ3n) is 3.83. The van der Waals surface area contributed by atoms with Crippen molar-refractivity contribution in [3.05, 3.63) is 47.9 Å². The average molecular weight is 340 g/mol. The van der Waals surface area contributed by atoms with Gasteiger partial charge in [-0.1, -0.05) is 0 Å². The molecular weight excluding hydrogens is 327 g/mol. The Morgan fingerprint density at radius 1 is 1.17 bits per heavy atom. The Morgan fingerprint density at radius 3 is 2.79 bits per heavy atom. The molecule has 2 aromatic heterocycles. The fourth-order valence-electron chi connectivity index (χ4n) is 2.71. The van der Waals surface area contributed by atoms with E-state index in [2.05, 4.69) is 9.97 Å². The van der Waals surface area contributed by atoms with Crippen LogP contribution >= 0.6 is 11.3 Å². The topological polar surface area (TPSA) is 55.2 Å². The zero-order valence-corrected chi connectivity index (χ0v) is 13.8. The molecule has 0 unspecified atom stereocenters. The van der Waals surface area contributed by atoms with Crippen molar-refractivity contribution >= 4 is 32.5 Å². The predicted molar refractivity (Wildman–Crippen MR) is 93.3 cm³/mol. The van der Waals surface area contributed by atoms with Crippen molar-refractivity contribution in [2.45, 2.75) is 6.92 Å². The van der Waals surface area contributed by atoms with E-state index in [-0.39, 0.29) is 5.75 Å². The van der Waals surface area contributed by atoms with Crippen molar-refractivity contribution in [1.82, 2.24) is 9.97 Å². The van der Waals surface area contributed by atoms with Gasteiger partial charge in [0, 0.05) is 23.1 Å². The van der Waals surface area contributed by atoms with Gasteiger partial charge in [0.15, 0.2) is 11.6 Å². The van der Waals surface area contributed by atoms with Gasteiger partial charge in [0.1, 0.15) is 10.8 Å². The van der Waals surface area contributed by atoms with E-state index in [4.69, 9.17) is 4.74 Å². The SMILES string of the molecule is COc1cnc2c(-c3nc4cc(F)c(O)cc4s3)cc(C)cc2c1. The van der Waals surface area contributed by atoms with Crippen LogP contribution in [0.5, 0.6) is 11.5 Å². The Balaban J connectivity index is 1.98. The summed E-state index contributed by atoms with van der Waals surface area (Å²) in [4.78, 5) is 9.01. The number of phenols is 1. The van der Waals surface area contributed by atoms with Gasteiger partial charge in [0.25, 0.3) is 0 Å². The lowest BCUT2D eigenvalue weighted by Gasteiger charge is -2.07. The van der Waals surface area contributed by atoms with Crippen molar-refractivity contribution in [3.8, 4) is 22.1 Å². The number of rotatable bonds is 2. The lowest BCUT2D eigenvalue weighted by Crippen LogP contribution is -1.89. The van der Waals surface area contributed by atoms with Crippen LogP contribution in [0, 0.1) is 12.7 Å². The minimum atomic E-state index is -0.670. The highest BCUT2D eigenvalue weighted by molar-refractivity contribution is 7.21. The Morgan fingerprint density at radius 2 is 2.00 bits per heavy atom. The number of nitrogens with zero attached hydrogens (tertiary/aromatic N) is 2. The molecule has 4 aromatic rings. The number of aryl methyl sites for hydroxylation is 1. The highest BCUT2D eigenvalue weighted by Crippen LogP contribution is 2.37. The number of benzene rings is 2. The van der Waals surface area contributed by atoms with Gasteiger partial charge in [-0.05, 0) is 30.7 Å². The summed E-state index contributed by atoms with van der Waals surface area (Å²) in [7, 11) is 1.61. The van der Waals surface area contributed by atoms with E-state index < -0.39 is 5.82 Å². The average Bonchev–Trinajstić information content (AvgIpc) is 2.96. The highest BCUT2D eigenvalue weighted by atomic mass is 32.1. The molecule has 0 aliphatic heterocycles. The normalized spacial score (nSPS) is 11.3. The van der Waals surface area contributed by atoms with E-state index in [1.807, 2.05) is 25.1 Å². The van der Waals surface area contributed by atoms with Gasteiger partial charge in [-0.25, -0.2) is 9.37 Å². The van der Waals surface area contributed by atoms with Crippen molar-refractivity contribution in [1.29, 1.82) is 0 Å². The maximum absolute atomic E-state index is 13.5. The first-order valence-corrected chi connectivity index (χ1v) is 8.10. The van der Waals surface area contributed by atoms with Crippen LogP contribution in [0.15, 0.2) is 36.5 Å². The van der Waals surface area contributed by atoms with E-state index in [1.165, 1.54) is 23.5 Å². The lowest BCUT2D eigenvalue weighted by molar-refractivity contribution is 0.414. The second-order valence-electron chi connectivity index (χ2n) is 5.55. The molecule has 120 valence electrons. The number of aromatic nitrogens is 2. The van der Waals surface area contributed by atoms with Crippen LogP contribution in [0.1, 0.15) is 5.56 Å². The molecule has 0 aliphatic rings. The van der Waals surface area contributed by atoms with E-state index in [0.29, 0.717) is 11.3 Å². The molecule has 0 bridgehead atoms. The first-order chi connectivity index (χ1) is 11.5. The summed E-state index contributed by atoms with van der Waals surface area (Å²) in [6, 6.07) is 8.62. The molecule has 6 heteroatoms. The summed E-state index contributed by atoms with van der Waals surface area (Å²) in [5.41, 5.74) is 3.29. The van der Waals surface area contributed by atoms with Gasteiger partial charge in [-0.2, -0.15) is 0 Å². The van der Waals surface area contributed by atoms with E-state index in [0.717, 1.165) is 31.7 Å². The molecule has 0 radical (unpaired) electrons. The fraction of sp³-hybridized carbons (Fsp3) is 0.111. The molecule has 1 N–H and O–H groups in total. The smallest absolute Gasteiger partial charge is 0.167 e. The number of pyridine rings is 1. The number of fused-ring (bicyclic) bond motifs is 2. The summed E-state index contributed by atoms with van der Waals surface area (Å²) in [5, 5.41) is 11.2. The molecule has 2 heterocycles. The third kappa shape index (κ3) is 2.35. The molecule has 2 aromatic carbocycles. The van der Waals surface area contributed by atoms with Crippen LogP contribution < -0.4 is 4.74 Å². The minimum absolute atomic E-state index is 0.366. The summed E-state index contributed by atoms with van der Waals surface area (Å²) in [6.45, 7) is 2.00. The summed E-state index contributed by atoms with van der Waals surface area (Å²) >= 11 is 1.40. The number of hydrogen-bond acceptors (Lipinski definition) is 5. The van der Waals surface area contributed by atoms with Gasteiger partial charge in [-0.15, -0.1) is 11.3 Å². The van der Waals surface area contributed by atoms with Crippen molar-refractivity contribution in [2.24, 2.45) is 0 Å². The quantitative estimate of drug-likeness (QED) is 0.576. The monoisotopic (exact) mass is 340 g/mol. The minimum Gasteiger partial charge on any atom is -0.505 e. The summed E-state index contributed by atoms with van der Waals surface area (Å²) < 4.78 is 19.5. The molecule has 0 aliphatic carbocycles. The second-order valence-corrected chi connectivity index (χ2v) is 6.58. The summed E-state index contributed by atoms with van der Waals surface area (Å²) in [6.07, 6.45) is 1.67. The zero-order valence-electron chi connectivity index (χ0n) is 13.0. The highest BCUT2D eigenvalue weighted by Gasteiger charge is 2.14. The third-order valence-corrected chi connectivity index (χ3v) is 4.88. The number of aromatic hydroxyl groups is 1. The van der Waals surface area contributed by atoms with Gasteiger partial charge in [-0.3, -0.25) is 4.98 Å². The van der Waals surface area contributed by atoms with E-state index in [1.54, 1.807) is 13.3 Å². The molecular formula is C18H13FN2O2S. The second kappa shape index (κ2) is 5.42. The van der Waals surface area contributed by atoms with E-state index >= 15 is 0 Å². The molecule has 0 amide bonds. The van der Waals surface area contributed by atoms with Crippen LogP contribution in [-0.4, -0.2) is 22.2 Å². The predicted octanol–water partition coefficient (Wildman–Crippen LogP) is 4.67. The van der Waals surface area contributed by atoms with Crippen molar-refractivity contribution in [2.75, 3.05) is 7.11 Å². The number of hydrogen-bond donors (Lipinski definition) is 1. The van der Waals surface area contributed by atoms with Gasteiger partial charge < -0.3 is 9.84 Å². The number of ether oxygens (including phenoxy) is 1. The first-order valence-electron chi connectivity index (χ1n) is 7.29. The molecule has 0 saturated carbocycles. The molecule has 0 saturated heterocycles. The Labute approximate surface area is 141 Å². The Kier molecular flexibility index (Phi) is 3.35. The lowest BCUT2D eigenvalue weighted by atomic mass is 10.1. The maximum atomic E-state index is 13.5. The molecule has 0 fully saturated rings. The number of halogens is 1. The van der Waals surface area contributed by atoms with Crippen LogP contribution in [-0.2, 0) is 0 Å². The molecule has 4 rings (SSSR count). The van der Waals surface area contributed by atoms with Gasteiger partial charge in [0.2, 0.25) is 0 Å². The Bertz CT molecular complexity index is 1050. The summed E-state index contributed by atoms with van der Waals surface area (Å²) in [5.74, 6) is -0.346. The molecule has 0 atom stereocenters. The number of thiazole rings is 1. The fourth-order valence-corrected chi connectivity index (χ4v) is 3.70. The number of methoxy groups -OCH3 is 1. The van der Waals surface area contributed by atoms with Crippen LogP contribution in [0.4, 0.5) is 4.39 Å². The Hall–Kier alpha value is -2.73. The number of phenolic OH excluding ortho intramolecular Hbond substituents is 1. The molecule has 4 nitrogen and oxygen atoms in total. The van der Waals surface area contributed by atoms with Crippen LogP contribution in [0.2, 0.25) is 0 Å². The maximum Gasteiger partial charge on any atom is 0.167 e. The molecule has 24 heavy (non-hydrogen) atoms. The largest absolute Gasteiger partial charge is 0.505 e. The van der Waals surface area contributed by atoms with Crippen LogP contribution in [0.25, 0.3) is 31.7 Å². The standard InChI is InChI=1S/C18H13FN2O2S/c1-9-3-10-5-11(23-2)8-20-17(10)12(4-9)18-21-14-6-13(19)15(22)7-16(14)24-18/h3-8,22H,1-2H3. The van der Waals surface area contributed by atoms with Gasteiger partial charge in [0.05, 0.1) is 29.0 Å². The van der Waals surface area contributed by atoms with E-state index in [9.17, 15) is 9.50 Å². The molecule has 0 spiro atoms. The van der Waals surface area contributed by atoms with Crippen molar-refractivity contribution < 1.29 is 14.2 Å². The van der Waals surface area contributed by atoms with Gasteiger partial charge >= 0.3 is 0 Å². The first kappa shape index (κ1) is 14.8. The van der Waals surface area contributed by atoms with Crippen LogP contribution in [0.3, 0.4) is 0 Å². The zero-order chi connectivity index (χ0) is 16.8.